The highest BCUT2D eigenvalue weighted by atomic mass is 35.5. The van der Waals surface area contributed by atoms with Crippen LogP contribution in [0.3, 0.4) is 0 Å². The summed E-state index contributed by atoms with van der Waals surface area (Å²) in [7, 11) is 0. The third-order valence-electron chi connectivity index (χ3n) is 3.12. The van der Waals surface area contributed by atoms with Gasteiger partial charge in [0.15, 0.2) is 0 Å². The molecule has 3 rings (SSSR count). The number of nitrogens with zero attached hydrogens (tertiary/aromatic N) is 3. The van der Waals surface area contributed by atoms with Gasteiger partial charge in [-0.05, 0) is 42.0 Å². The fourth-order valence-corrected chi connectivity index (χ4v) is 2.25. The number of anilines is 1. The lowest BCUT2D eigenvalue weighted by Gasteiger charge is -2.05. The van der Waals surface area contributed by atoms with Crippen LogP contribution in [0.15, 0.2) is 59.8 Å². The van der Waals surface area contributed by atoms with E-state index in [1.807, 2.05) is 36.4 Å². The Morgan fingerprint density at radius 3 is 2.87 bits per heavy atom. The van der Waals surface area contributed by atoms with Gasteiger partial charge in [-0.25, -0.2) is 0 Å². The summed E-state index contributed by atoms with van der Waals surface area (Å²) in [5.74, 6) is 0. The second-order valence-corrected chi connectivity index (χ2v) is 5.06. The highest BCUT2D eigenvalue weighted by Gasteiger charge is 2.01. The standard InChI is InChI=1S/C17H11ClN4.H2O/c18-14-4-5-15-16(6-7-20-17(15)9-14)22-21-11-13-3-1-2-12(8-13)10-19;/h1-9,11H,(H,20,22);1H2/b21-11+;. The van der Waals surface area contributed by atoms with Gasteiger partial charge in [0.1, 0.15) is 0 Å². The van der Waals surface area contributed by atoms with Crippen LogP contribution in [0, 0.1) is 11.3 Å². The van der Waals surface area contributed by atoms with Crippen LogP contribution in [0.4, 0.5) is 5.69 Å². The Labute approximate surface area is 138 Å². The lowest BCUT2D eigenvalue weighted by molar-refractivity contribution is 0.824. The molecule has 0 unspecified atom stereocenters. The Morgan fingerprint density at radius 2 is 2.04 bits per heavy atom. The summed E-state index contributed by atoms with van der Waals surface area (Å²) < 4.78 is 0. The Kier molecular flexibility index (Phi) is 5.26. The number of nitrogens with one attached hydrogen (secondary N) is 1. The van der Waals surface area contributed by atoms with Gasteiger partial charge in [-0.3, -0.25) is 10.4 Å². The number of hydrogen-bond acceptors (Lipinski definition) is 4. The van der Waals surface area contributed by atoms with Crippen LogP contribution in [-0.4, -0.2) is 16.7 Å². The second-order valence-electron chi connectivity index (χ2n) is 4.63. The molecule has 114 valence electrons. The summed E-state index contributed by atoms with van der Waals surface area (Å²) in [5.41, 5.74) is 6.10. The number of nitriles is 1. The number of benzene rings is 2. The predicted molar refractivity (Wildman–Crippen MR) is 92.7 cm³/mol. The third-order valence-corrected chi connectivity index (χ3v) is 3.35. The van der Waals surface area contributed by atoms with E-state index in [0.29, 0.717) is 10.6 Å². The van der Waals surface area contributed by atoms with Crippen molar-refractivity contribution in [2.24, 2.45) is 5.10 Å². The minimum atomic E-state index is 0. The number of pyridine rings is 1. The molecule has 6 heteroatoms. The highest BCUT2D eigenvalue weighted by Crippen LogP contribution is 2.24. The summed E-state index contributed by atoms with van der Waals surface area (Å²) >= 11 is 5.97. The molecule has 2 aromatic carbocycles. The normalized spacial score (nSPS) is 10.3. The molecule has 0 saturated heterocycles. The smallest absolute Gasteiger partial charge is 0.0991 e. The molecule has 0 amide bonds. The maximum atomic E-state index is 8.88. The van der Waals surface area contributed by atoms with Crippen LogP contribution in [0.25, 0.3) is 10.9 Å². The molecule has 1 heterocycles. The summed E-state index contributed by atoms with van der Waals surface area (Å²) in [5, 5.41) is 14.7. The van der Waals surface area contributed by atoms with Crippen molar-refractivity contribution in [1.82, 2.24) is 4.98 Å². The molecule has 0 radical (unpaired) electrons. The van der Waals surface area contributed by atoms with E-state index in [9.17, 15) is 0 Å². The van der Waals surface area contributed by atoms with Crippen LogP contribution >= 0.6 is 11.6 Å². The van der Waals surface area contributed by atoms with Crippen molar-refractivity contribution in [2.75, 3.05) is 5.43 Å². The van der Waals surface area contributed by atoms with E-state index in [-0.39, 0.29) is 5.48 Å². The van der Waals surface area contributed by atoms with Crippen LogP contribution in [-0.2, 0) is 0 Å². The van der Waals surface area contributed by atoms with E-state index < -0.39 is 0 Å². The number of halogens is 1. The maximum Gasteiger partial charge on any atom is 0.0991 e. The molecule has 0 saturated carbocycles. The largest absolute Gasteiger partial charge is 0.412 e. The molecule has 0 aliphatic rings. The first-order chi connectivity index (χ1) is 10.8. The molecule has 0 atom stereocenters. The summed E-state index contributed by atoms with van der Waals surface area (Å²) in [6, 6.07) is 16.7. The Balaban J connectivity index is 0.00000192. The number of hydrazone groups is 1. The van der Waals surface area contributed by atoms with Crippen LogP contribution in [0.2, 0.25) is 5.02 Å². The molecule has 0 fully saturated rings. The van der Waals surface area contributed by atoms with Gasteiger partial charge in [-0.2, -0.15) is 10.4 Å². The zero-order valence-corrected chi connectivity index (χ0v) is 12.7. The highest BCUT2D eigenvalue weighted by molar-refractivity contribution is 6.31. The topological polar surface area (TPSA) is 92.6 Å². The van der Waals surface area contributed by atoms with Crippen LogP contribution < -0.4 is 5.43 Å². The van der Waals surface area contributed by atoms with E-state index in [1.165, 1.54) is 0 Å². The minimum absolute atomic E-state index is 0. The molecule has 0 aliphatic heterocycles. The van der Waals surface area contributed by atoms with Crippen molar-refractivity contribution in [3.8, 4) is 6.07 Å². The maximum absolute atomic E-state index is 8.88. The van der Waals surface area contributed by atoms with Crippen LogP contribution in [0.5, 0.6) is 0 Å². The quantitative estimate of drug-likeness (QED) is 0.591. The van der Waals surface area contributed by atoms with Gasteiger partial charge in [0, 0.05) is 16.6 Å². The van der Waals surface area contributed by atoms with Gasteiger partial charge in [-0.15, -0.1) is 0 Å². The Hall–Kier alpha value is -2.94. The van der Waals surface area contributed by atoms with Crippen molar-refractivity contribution in [3.63, 3.8) is 0 Å². The molecule has 23 heavy (non-hydrogen) atoms. The summed E-state index contributed by atoms with van der Waals surface area (Å²) in [6.45, 7) is 0. The number of fused-ring (bicyclic) bond motifs is 1. The Bertz CT molecular complexity index is 902. The van der Waals surface area contributed by atoms with Gasteiger partial charge in [-0.1, -0.05) is 23.7 Å². The van der Waals surface area contributed by atoms with E-state index in [2.05, 4.69) is 21.6 Å². The molecule has 1 aromatic heterocycles. The molecule has 0 spiro atoms. The lowest BCUT2D eigenvalue weighted by atomic mass is 10.1. The second kappa shape index (κ2) is 7.36. The van der Waals surface area contributed by atoms with Crippen LogP contribution in [0.1, 0.15) is 11.1 Å². The molecular formula is C17H13ClN4O. The monoisotopic (exact) mass is 324 g/mol. The van der Waals surface area contributed by atoms with Gasteiger partial charge in [0.25, 0.3) is 0 Å². The molecule has 0 aliphatic carbocycles. The summed E-state index contributed by atoms with van der Waals surface area (Å²) in [4.78, 5) is 4.28. The molecular weight excluding hydrogens is 312 g/mol. The zero-order chi connectivity index (χ0) is 15.4. The SMILES string of the molecule is N#Cc1cccc(/C=N/Nc2ccnc3cc(Cl)ccc23)c1.O. The van der Waals surface area contributed by atoms with Crippen molar-refractivity contribution < 1.29 is 5.48 Å². The average Bonchev–Trinajstić information content (AvgIpc) is 2.55. The van der Waals surface area contributed by atoms with E-state index in [4.69, 9.17) is 16.9 Å². The van der Waals surface area contributed by atoms with Crippen molar-refractivity contribution in [3.05, 3.63) is 70.9 Å². The van der Waals surface area contributed by atoms with Gasteiger partial charge in [0.05, 0.1) is 29.1 Å². The minimum Gasteiger partial charge on any atom is -0.412 e. The van der Waals surface area contributed by atoms with Crippen molar-refractivity contribution in [1.29, 1.82) is 5.26 Å². The average molecular weight is 325 g/mol. The number of aromatic nitrogens is 1. The number of hydrogen-bond donors (Lipinski definition) is 1. The van der Waals surface area contributed by atoms with Crippen molar-refractivity contribution >= 4 is 34.4 Å². The molecule has 0 bridgehead atoms. The fraction of sp³-hybridized carbons (Fsp3) is 0. The van der Waals surface area contributed by atoms with Gasteiger partial charge >= 0.3 is 0 Å². The molecule has 5 nitrogen and oxygen atoms in total. The van der Waals surface area contributed by atoms with Crippen molar-refractivity contribution in [2.45, 2.75) is 0 Å². The first kappa shape index (κ1) is 16.4. The van der Waals surface area contributed by atoms with Gasteiger partial charge in [0.2, 0.25) is 0 Å². The van der Waals surface area contributed by atoms with E-state index >= 15 is 0 Å². The van der Waals surface area contributed by atoms with E-state index in [0.717, 1.165) is 22.2 Å². The van der Waals surface area contributed by atoms with E-state index in [1.54, 1.807) is 24.5 Å². The summed E-state index contributed by atoms with van der Waals surface area (Å²) in [6.07, 6.45) is 3.37. The number of rotatable bonds is 3. The first-order valence-corrected chi connectivity index (χ1v) is 6.97. The van der Waals surface area contributed by atoms with Gasteiger partial charge < -0.3 is 5.48 Å². The molecule has 3 N–H and O–H groups in total. The third kappa shape index (κ3) is 3.83. The lowest BCUT2D eigenvalue weighted by Crippen LogP contribution is -1.93. The molecule has 3 aromatic rings. The fourth-order valence-electron chi connectivity index (χ4n) is 2.08. The first-order valence-electron chi connectivity index (χ1n) is 6.60. The zero-order valence-electron chi connectivity index (χ0n) is 12.0. The Morgan fingerprint density at radius 1 is 1.17 bits per heavy atom. The predicted octanol–water partition coefficient (Wildman–Crippen LogP) is 3.38.